The second-order valence-corrected chi connectivity index (χ2v) is 5.10. The van der Waals surface area contributed by atoms with Crippen LogP contribution in [0.25, 0.3) is 10.9 Å². The van der Waals surface area contributed by atoms with Crippen molar-refractivity contribution in [3.8, 4) is 5.75 Å². The van der Waals surface area contributed by atoms with E-state index in [0.29, 0.717) is 0 Å². The van der Waals surface area contributed by atoms with Crippen LogP contribution in [0, 0.1) is 0 Å². The number of nitrogens with one attached hydrogen (secondary N) is 1. The number of hydrogen-bond acceptors (Lipinski definition) is 2. The predicted molar refractivity (Wildman–Crippen MR) is 80.9 cm³/mol. The van der Waals surface area contributed by atoms with Gasteiger partial charge in [0.15, 0.2) is 0 Å². The first-order valence-corrected chi connectivity index (χ1v) is 7.17. The normalized spacial score (nSPS) is 11.4. The summed E-state index contributed by atoms with van der Waals surface area (Å²) in [4.78, 5) is 0. The van der Waals surface area contributed by atoms with Crippen LogP contribution in [0.3, 0.4) is 0 Å². The minimum absolute atomic E-state index is 0.222. The van der Waals surface area contributed by atoms with Crippen LogP contribution in [-0.2, 0) is 6.54 Å². The molecule has 0 fully saturated rings. The smallest absolute Gasteiger partial charge is 0.120 e. The maximum Gasteiger partial charge on any atom is 0.120 e. The standard InChI is InChI=1S/C16H24N2O/c1-4-17-9-5-10-18-11-8-14-12-15(19-13(2)3)6-7-16(14)18/h6-8,11-13,17H,4-5,9-10H2,1-3H3. The lowest BCUT2D eigenvalue weighted by molar-refractivity contribution is 0.243. The molecule has 0 bridgehead atoms. The van der Waals surface area contributed by atoms with Gasteiger partial charge in [0.2, 0.25) is 0 Å². The molecule has 0 radical (unpaired) electrons. The number of aryl methyl sites for hydroxylation is 1. The van der Waals surface area contributed by atoms with Crippen LogP contribution in [0.4, 0.5) is 0 Å². The fourth-order valence-corrected chi connectivity index (χ4v) is 2.27. The highest BCUT2D eigenvalue weighted by Crippen LogP contribution is 2.23. The molecule has 0 saturated carbocycles. The zero-order valence-corrected chi connectivity index (χ0v) is 12.1. The van der Waals surface area contributed by atoms with Crippen LogP contribution in [0.2, 0.25) is 0 Å². The highest BCUT2D eigenvalue weighted by molar-refractivity contribution is 5.81. The molecular formula is C16H24N2O. The lowest BCUT2D eigenvalue weighted by atomic mass is 10.2. The van der Waals surface area contributed by atoms with E-state index < -0.39 is 0 Å². The van der Waals surface area contributed by atoms with Crippen molar-refractivity contribution in [2.45, 2.75) is 39.8 Å². The number of hydrogen-bond donors (Lipinski definition) is 1. The summed E-state index contributed by atoms with van der Waals surface area (Å²) in [5, 5.41) is 4.61. The molecule has 3 nitrogen and oxygen atoms in total. The Morgan fingerprint density at radius 1 is 1.26 bits per heavy atom. The summed E-state index contributed by atoms with van der Waals surface area (Å²) < 4.78 is 8.04. The zero-order valence-electron chi connectivity index (χ0n) is 12.1. The Balaban J connectivity index is 2.06. The Kier molecular flexibility index (Phi) is 4.86. The van der Waals surface area contributed by atoms with Crippen LogP contribution in [0.5, 0.6) is 5.75 Å². The Morgan fingerprint density at radius 2 is 2.11 bits per heavy atom. The minimum Gasteiger partial charge on any atom is -0.491 e. The molecule has 0 aliphatic heterocycles. The van der Waals surface area contributed by atoms with Gasteiger partial charge in [-0.05, 0) is 57.6 Å². The maximum atomic E-state index is 5.73. The zero-order chi connectivity index (χ0) is 13.7. The van der Waals surface area contributed by atoms with Crippen molar-refractivity contribution in [2.75, 3.05) is 13.1 Å². The molecule has 0 aliphatic rings. The summed E-state index contributed by atoms with van der Waals surface area (Å²) >= 11 is 0. The van der Waals surface area contributed by atoms with Gasteiger partial charge < -0.3 is 14.6 Å². The van der Waals surface area contributed by atoms with Crippen LogP contribution >= 0.6 is 0 Å². The van der Waals surface area contributed by atoms with Gasteiger partial charge in [0.1, 0.15) is 5.75 Å². The molecule has 0 atom stereocenters. The van der Waals surface area contributed by atoms with Gasteiger partial charge in [0.05, 0.1) is 6.10 Å². The van der Waals surface area contributed by atoms with E-state index >= 15 is 0 Å². The third-order valence-electron chi connectivity index (χ3n) is 3.12. The molecule has 104 valence electrons. The average molecular weight is 260 g/mol. The third-order valence-corrected chi connectivity index (χ3v) is 3.12. The molecule has 3 heteroatoms. The fourth-order valence-electron chi connectivity index (χ4n) is 2.27. The lowest BCUT2D eigenvalue weighted by Gasteiger charge is -2.10. The van der Waals surface area contributed by atoms with E-state index in [2.05, 4.69) is 61.1 Å². The summed E-state index contributed by atoms with van der Waals surface area (Å²) in [6.45, 7) is 9.42. The van der Waals surface area contributed by atoms with Gasteiger partial charge in [0, 0.05) is 23.6 Å². The third kappa shape index (κ3) is 3.74. The molecule has 19 heavy (non-hydrogen) atoms. The summed E-state index contributed by atoms with van der Waals surface area (Å²) in [5.41, 5.74) is 1.28. The predicted octanol–water partition coefficient (Wildman–Crippen LogP) is 3.43. The number of ether oxygens (including phenoxy) is 1. The van der Waals surface area contributed by atoms with Gasteiger partial charge in [-0.25, -0.2) is 0 Å². The Hall–Kier alpha value is -1.48. The van der Waals surface area contributed by atoms with Crippen LogP contribution < -0.4 is 10.1 Å². The summed E-state index contributed by atoms with van der Waals surface area (Å²) in [5.74, 6) is 0.952. The molecule has 0 spiro atoms. The number of fused-ring (bicyclic) bond motifs is 1. The number of nitrogens with zero attached hydrogens (tertiary/aromatic N) is 1. The number of benzene rings is 1. The Morgan fingerprint density at radius 3 is 2.84 bits per heavy atom. The van der Waals surface area contributed by atoms with Crippen molar-refractivity contribution in [2.24, 2.45) is 0 Å². The van der Waals surface area contributed by atoms with Crippen molar-refractivity contribution in [3.05, 3.63) is 30.5 Å². The highest BCUT2D eigenvalue weighted by Gasteiger charge is 2.04. The molecule has 0 amide bonds. The molecule has 1 aromatic heterocycles. The van der Waals surface area contributed by atoms with E-state index in [1.807, 2.05) is 0 Å². The Bertz CT molecular complexity index is 516. The van der Waals surface area contributed by atoms with Gasteiger partial charge in [-0.15, -0.1) is 0 Å². The van der Waals surface area contributed by atoms with Crippen molar-refractivity contribution < 1.29 is 4.74 Å². The second-order valence-electron chi connectivity index (χ2n) is 5.10. The number of aromatic nitrogens is 1. The molecule has 0 saturated heterocycles. The summed E-state index contributed by atoms with van der Waals surface area (Å²) in [6, 6.07) is 8.50. The fraction of sp³-hybridized carbons (Fsp3) is 0.500. The van der Waals surface area contributed by atoms with Crippen molar-refractivity contribution in [1.82, 2.24) is 9.88 Å². The molecular weight excluding hydrogens is 236 g/mol. The molecule has 0 aliphatic carbocycles. The van der Waals surface area contributed by atoms with Crippen molar-refractivity contribution in [1.29, 1.82) is 0 Å². The summed E-state index contributed by atoms with van der Waals surface area (Å²) in [7, 11) is 0. The highest BCUT2D eigenvalue weighted by atomic mass is 16.5. The van der Waals surface area contributed by atoms with Crippen molar-refractivity contribution in [3.63, 3.8) is 0 Å². The van der Waals surface area contributed by atoms with E-state index in [9.17, 15) is 0 Å². The first kappa shape index (κ1) is 13.9. The molecule has 1 heterocycles. The average Bonchev–Trinajstić information content (AvgIpc) is 2.76. The molecule has 2 rings (SSSR count). The van der Waals surface area contributed by atoms with E-state index in [-0.39, 0.29) is 6.10 Å². The van der Waals surface area contributed by atoms with Gasteiger partial charge >= 0.3 is 0 Å². The van der Waals surface area contributed by atoms with Gasteiger partial charge in [0.25, 0.3) is 0 Å². The van der Waals surface area contributed by atoms with Crippen LogP contribution in [-0.4, -0.2) is 23.8 Å². The molecule has 1 N–H and O–H groups in total. The van der Waals surface area contributed by atoms with E-state index in [1.54, 1.807) is 0 Å². The van der Waals surface area contributed by atoms with Gasteiger partial charge in [-0.2, -0.15) is 0 Å². The topological polar surface area (TPSA) is 26.2 Å². The molecule has 1 aromatic carbocycles. The largest absolute Gasteiger partial charge is 0.491 e. The van der Waals surface area contributed by atoms with Gasteiger partial charge in [-0.3, -0.25) is 0 Å². The maximum absolute atomic E-state index is 5.73. The van der Waals surface area contributed by atoms with Crippen LogP contribution in [0.1, 0.15) is 27.2 Å². The van der Waals surface area contributed by atoms with E-state index in [0.717, 1.165) is 31.8 Å². The quantitative estimate of drug-likeness (QED) is 0.772. The minimum atomic E-state index is 0.222. The molecule has 0 unspecified atom stereocenters. The van der Waals surface area contributed by atoms with Crippen molar-refractivity contribution >= 4 is 10.9 Å². The second kappa shape index (κ2) is 6.62. The monoisotopic (exact) mass is 260 g/mol. The van der Waals surface area contributed by atoms with Gasteiger partial charge in [-0.1, -0.05) is 6.92 Å². The van der Waals surface area contributed by atoms with E-state index in [1.165, 1.54) is 10.9 Å². The molecule has 2 aromatic rings. The Labute approximate surface area is 115 Å². The first-order valence-electron chi connectivity index (χ1n) is 7.17. The first-order chi connectivity index (χ1) is 9.20. The SMILES string of the molecule is CCNCCCn1ccc2cc(OC(C)C)ccc21. The number of rotatable bonds is 7. The van der Waals surface area contributed by atoms with Crippen LogP contribution in [0.15, 0.2) is 30.5 Å². The van der Waals surface area contributed by atoms with E-state index in [4.69, 9.17) is 4.74 Å². The summed E-state index contributed by atoms with van der Waals surface area (Å²) in [6.07, 6.45) is 3.54. The lowest BCUT2D eigenvalue weighted by Crippen LogP contribution is -2.15.